The van der Waals surface area contributed by atoms with Gasteiger partial charge in [0.25, 0.3) is 10.0 Å². The maximum atomic E-state index is 12.9. The average molecular weight is 350 g/mol. The Morgan fingerprint density at radius 3 is 2.54 bits per heavy atom. The molecule has 1 aromatic heterocycles. The van der Waals surface area contributed by atoms with Crippen LogP contribution in [0.25, 0.3) is 0 Å². The van der Waals surface area contributed by atoms with Crippen LogP contribution in [0.2, 0.25) is 0 Å². The summed E-state index contributed by atoms with van der Waals surface area (Å²) in [6.07, 6.45) is 2.32. The van der Waals surface area contributed by atoms with Crippen molar-refractivity contribution in [3.8, 4) is 0 Å². The minimum Gasteiger partial charge on any atom is -0.355 e. The van der Waals surface area contributed by atoms with E-state index >= 15 is 0 Å². The molecule has 1 unspecified atom stereocenters. The third kappa shape index (κ3) is 3.81. The van der Waals surface area contributed by atoms with Crippen molar-refractivity contribution in [2.45, 2.75) is 24.7 Å². The molecule has 1 aromatic carbocycles. The summed E-state index contributed by atoms with van der Waals surface area (Å²) in [7, 11) is -3.81. The Hall–Kier alpha value is -2.22. The fourth-order valence-electron chi connectivity index (χ4n) is 2.76. The summed E-state index contributed by atoms with van der Waals surface area (Å²) in [6.45, 7) is 4.06. The van der Waals surface area contributed by atoms with Crippen molar-refractivity contribution >= 4 is 21.7 Å². The van der Waals surface area contributed by atoms with E-state index in [9.17, 15) is 12.8 Å². The minimum absolute atomic E-state index is 0.0281. The predicted molar refractivity (Wildman–Crippen MR) is 89.9 cm³/mol. The first-order valence-corrected chi connectivity index (χ1v) is 9.29. The van der Waals surface area contributed by atoms with E-state index in [0.717, 1.165) is 37.5 Å². The number of hydrogen-bond acceptors (Lipinski definition) is 5. The molecule has 1 aliphatic rings. The fourth-order valence-corrected chi connectivity index (χ4v) is 3.75. The minimum atomic E-state index is -3.81. The number of sulfonamides is 1. The van der Waals surface area contributed by atoms with Gasteiger partial charge < -0.3 is 4.90 Å². The van der Waals surface area contributed by atoms with Crippen LogP contribution in [-0.4, -0.2) is 31.7 Å². The van der Waals surface area contributed by atoms with Gasteiger partial charge in [-0.2, -0.15) is 0 Å². The van der Waals surface area contributed by atoms with Gasteiger partial charge in [0.2, 0.25) is 0 Å². The highest BCUT2D eigenvalue weighted by Crippen LogP contribution is 2.22. The molecule has 1 N–H and O–H groups in total. The van der Waals surface area contributed by atoms with Gasteiger partial charge in [-0.15, -0.1) is 10.2 Å². The average Bonchev–Trinajstić information content (AvgIpc) is 2.55. The normalized spacial score (nSPS) is 18.4. The molecular formula is C16H19FN4O2S. The molecule has 6 nitrogen and oxygen atoms in total. The van der Waals surface area contributed by atoms with Crippen LogP contribution >= 0.6 is 0 Å². The van der Waals surface area contributed by atoms with E-state index < -0.39 is 15.8 Å². The molecule has 0 aliphatic carbocycles. The molecule has 0 saturated carbocycles. The fraction of sp³-hybridized carbons (Fsp3) is 0.375. The molecule has 3 rings (SSSR count). The quantitative estimate of drug-likeness (QED) is 0.917. The standard InChI is InChI=1S/C16H19FN4O2S/c1-12-3-2-10-21(11-12)16-9-8-15(18-19-16)20-24(22,23)14-6-4-13(17)5-7-14/h4-9,12H,2-3,10-11H2,1H3,(H,18,20). The molecule has 0 bridgehead atoms. The summed E-state index contributed by atoms with van der Waals surface area (Å²) in [6, 6.07) is 7.95. The molecule has 128 valence electrons. The SMILES string of the molecule is CC1CCCN(c2ccc(NS(=O)(=O)c3ccc(F)cc3)nn2)C1. The molecular weight excluding hydrogens is 331 g/mol. The van der Waals surface area contributed by atoms with E-state index in [4.69, 9.17) is 0 Å². The molecule has 0 radical (unpaired) electrons. The summed E-state index contributed by atoms with van der Waals surface area (Å²) >= 11 is 0. The number of piperidine rings is 1. The lowest BCUT2D eigenvalue weighted by atomic mass is 10.0. The lowest BCUT2D eigenvalue weighted by Gasteiger charge is -2.31. The predicted octanol–water partition coefficient (Wildman–Crippen LogP) is 2.65. The molecule has 24 heavy (non-hydrogen) atoms. The molecule has 1 fully saturated rings. The zero-order valence-electron chi connectivity index (χ0n) is 13.3. The number of benzene rings is 1. The third-order valence-electron chi connectivity index (χ3n) is 3.99. The van der Waals surface area contributed by atoms with Gasteiger partial charge in [-0.3, -0.25) is 4.72 Å². The van der Waals surface area contributed by atoms with Crippen molar-refractivity contribution in [3.63, 3.8) is 0 Å². The molecule has 1 saturated heterocycles. The van der Waals surface area contributed by atoms with Crippen molar-refractivity contribution < 1.29 is 12.8 Å². The van der Waals surface area contributed by atoms with E-state index in [0.29, 0.717) is 5.92 Å². The third-order valence-corrected chi connectivity index (χ3v) is 5.36. The Labute approximate surface area is 140 Å². The Bertz CT molecular complexity index is 794. The van der Waals surface area contributed by atoms with Crippen LogP contribution in [0.4, 0.5) is 16.0 Å². The highest BCUT2D eigenvalue weighted by Gasteiger charge is 2.19. The summed E-state index contributed by atoms with van der Waals surface area (Å²) < 4.78 is 39.7. The van der Waals surface area contributed by atoms with E-state index in [1.54, 1.807) is 12.1 Å². The second-order valence-electron chi connectivity index (χ2n) is 6.03. The van der Waals surface area contributed by atoms with Crippen LogP contribution < -0.4 is 9.62 Å². The van der Waals surface area contributed by atoms with Gasteiger partial charge >= 0.3 is 0 Å². The first-order valence-electron chi connectivity index (χ1n) is 7.81. The summed E-state index contributed by atoms with van der Waals surface area (Å²) in [5, 5.41) is 8.07. The molecule has 2 heterocycles. The van der Waals surface area contributed by atoms with Crippen molar-refractivity contribution in [2.75, 3.05) is 22.7 Å². The molecule has 1 aliphatic heterocycles. The van der Waals surface area contributed by atoms with Gasteiger partial charge in [0.05, 0.1) is 4.90 Å². The maximum Gasteiger partial charge on any atom is 0.263 e. The van der Waals surface area contributed by atoms with Crippen molar-refractivity contribution in [1.82, 2.24) is 10.2 Å². The van der Waals surface area contributed by atoms with Crippen LogP contribution in [0.3, 0.4) is 0 Å². The number of nitrogens with zero attached hydrogens (tertiary/aromatic N) is 3. The highest BCUT2D eigenvalue weighted by atomic mass is 32.2. The number of hydrogen-bond donors (Lipinski definition) is 1. The van der Waals surface area contributed by atoms with Crippen molar-refractivity contribution in [3.05, 3.63) is 42.2 Å². The molecule has 1 atom stereocenters. The monoisotopic (exact) mass is 350 g/mol. The zero-order valence-corrected chi connectivity index (χ0v) is 14.1. The van der Waals surface area contributed by atoms with Gasteiger partial charge in [-0.1, -0.05) is 6.92 Å². The van der Waals surface area contributed by atoms with Crippen LogP contribution in [-0.2, 0) is 10.0 Å². The number of halogens is 1. The van der Waals surface area contributed by atoms with Crippen LogP contribution in [0, 0.1) is 11.7 Å². The largest absolute Gasteiger partial charge is 0.355 e. The first kappa shape index (κ1) is 16.6. The number of rotatable bonds is 4. The van der Waals surface area contributed by atoms with Crippen LogP contribution in [0.1, 0.15) is 19.8 Å². The Balaban J connectivity index is 1.72. The number of nitrogens with one attached hydrogen (secondary N) is 1. The lowest BCUT2D eigenvalue weighted by Crippen LogP contribution is -2.34. The lowest BCUT2D eigenvalue weighted by molar-refractivity contribution is 0.444. The van der Waals surface area contributed by atoms with Crippen LogP contribution in [0.15, 0.2) is 41.3 Å². The maximum absolute atomic E-state index is 12.9. The second-order valence-corrected chi connectivity index (χ2v) is 7.71. The Morgan fingerprint density at radius 2 is 1.92 bits per heavy atom. The first-order chi connectivity index (χ1) is 11.4. The summed E-state index contributed by atoms with van der Waals surface area (Å²) in [5.41, 5.74) is 0. The van der Waals surface area contributed by atoms with E-state index in [2.05, 4.69) is 26.7 Å². The van der Waals surface area contributed by atoms with Gasteiger partial charge in [0.1, 0.15) is 5.82 Å². The van der Waals surface area contributed by atoms with Gasteiger partial charge in [0.15, 0.2) is 11.6 Å². The number of anilines is 2. The molecule has 2 aromatic rings. The molecule has 0 amide bonds. The summed E-state index contributed by atoms with van der Waals surface area (Å²) in [5.74, 6) is 0.991. The zero-order chi connectivity index (χ0) is 17.2. The van der Waals surface area contributed by atoms with Gasteiger partial charge in [-0.05, 0) is 55.2 Å². The summed E-state index contributed by atoms with van der Waals surface area (Å²) in [4.78, 5) is 2.12. The van der Waals surface area contributed by atoms with E-state index in [1.807, 2.05) is 0 Å². The molecule has 0 spiro atoms. The molecule has 8 heteroatoms. The smallest absolute Gasteiger partial charge is 0.263 e. The topological polar surface area (TPSA) is 75.2 Å². The Morgan fingerprint density at radius 1 is 1.17 bits per heavy atom. The van der Waals surface area contributed by atoms with Crippen LogP contribution in [0.5, 0.6) is 0 Å². The van der Waals surface area contributed by atoms with E-state index in [1.165, 1.54) is 18.6 Å². The second kappa shape index (κ2) is 6.72. The van der Waals surface area contributed by atoms with Crippen molar-refractivity contribution in [2.24, 2.45) is 5.92 Å². The highest BCUT2D eigenvalue weighted by molar-refractivity contribution is 7.92. The van der Waals surface area contributed by atoms with Gasteiger partial charge in [-0.25, -0.2) is 12.8 Å². The van der Waals surface area contributed by atoms with E-state index in [-0.39, 0.29) is 10.7 Å². The van der Waals surface area contributed by atoms with Gasteiger partial charge in [0, 0.05) is 13.1 Å². The Kier molecular flexibility index (Phi) is 4.66. The number of aromatic nitrogens is 2. The van der Waals surface area contributed by atoms with Crippen molar-refractivity contribution in [1.29, 1.82) is 0 Å².